The smallest absolute Gasteiger partial charge is 0.417 e. The second-order valence-electron chi connectivity index (χ2n) is 7.64. The summed E-state index contributed by atoms with van der Waals surface area (Å²) >= 11 is 0. The van der Waals surface area contributed by atoms with E-state index < -0.39 is 35.3 Å². The number of alkyl halides is 3. The molecule has 0 spiro atoms. The Hall–Kier alpha value is -3.07. The van der Waals surface area contributed by atoms with Crippen LogP contribution in [0.1, 0.15) is 50.2 Å². The highest BCUT2D eigenvalue weighted by Gasteiger charge is 2.36. The second kappa shape index (κ2) is 8.58. The Morgan fingerprint density at radius 3 is 2.29 bits per heavy atom. The maximum absolute atomic E-state index is 13.6. The van der Waals surface area contributed by atoms with Crippen LogP contribution in [0.15, 0.2) is 30.3 Å². The average Bonchev–Trinajstić information content (AvgIpc) is 2.70. The van der Waals surface area contributed by atoms with Crippen LogP contribution in [0, 0.1) is 13.8 Å². The van der Waals surface area contributed by atoms with Crippen LogP contribution in [-0.2, 0) is 6.18 Å². The van der Waals surface area contributed by atoms with E-state index in [1.54, 1.807) is 6.92 Å². The number of amides is 1. The number of anilines is 2. The zero-order valence-corrected chi connectivity index (χ0v) is 17.1. The predicted molar refractivity (Wildman–Crippen MR) is 110 cm³/mol. The number of hydrogen-bond acceptors (Lipinski definition) is 4. The number of aryl methyl sites for hydroxylation is 1. The number of aliphatic hydroxyl groups excluding tert-OH is 1. The van der Waals surface area contributed by atoms with E-state index in [2.05, 4.69) is 5.32 Å². The van der Waals surface area contributed by atoms with Gasteiger partial charge >= 0.3 is 12.1 Å². The van der Waals surface area contributed by atoms with Crippen molar-refractivity contribution in [2.45, 2.75) is 39.0 Å². The summed E-state index contributed by atoms with van der Waals surface area (Å²) in [7, 11) is 0. The first-order valence-electron chi connectivity index (χ1n) is 9.78. The number of nitrogens with one attached hydrogen (secondary N) is 1. The molecule has 6 nitrogen and oxygen atoms in total. The fourth-order valence-electron chi connectivity index (χ4n) is 3.74. The first-order chi connectivity index (χ1) is 14.5. The molecule has 1 aliphatic rings. The SMILES string of the molecule is Cc1ccc(C(=O)O)c(C)c1NC(=O)c1cc(N2CCC(O)CC2)ccc1C(F)(F)F. The monoisotopic (exact) mass is 436 g/mol. The van der Waals surface area contributed by atoms with Crippen molar-refractivity contribution in [3.05, 3.63) is 58.1 Å². The van der Waals surface area contributed by atoms with Crippen LogP contribution < -0.4 is 10.2 Å². The lowest BCUT2D eigenvalue weighted by Crippen LogP contribution is -2.36. The molecule has 0 atom stereocenters. The summed E-state index contributed by atoms with van der Waals surface area (Å²) in [5.41, 5.74) is -0.243. The third kappa shape index (κ3) is 4.82. The molecule has 1 saturated heterocycles. The Morgan fingerprint density at radius 2 is 1.71 bits per heavy atom. The summed E-state index contributed by atoms with van der Waals surface area (Å²) in [6, 6.07) is 6.27. The van der Waals surface area contributed by atoms with E-state index in [9.17, 15) is 33.0 Å². The topological polar surface area (TPSA) is 89.9 Å². The fourth-order valence-corrected chi connectivity index (χ4v) is 3.74. The number of benzene rings is 2. The van der Waals surface area contributed by atoms with Crippen LogP contribution in [-0.4, -0.2) is 41.3 Å². The number of aliphatic hydroxyl groups is 1. The number of carbonyl (C=O) groups excluding carboxylic acids is 1. The van der Waals surface area contributed by atoms with Gasteiger partial charge in [0, 0.05) is 24.5 Å². The van der Waals surface area contributed by atoms with Crippen LogP contribution in [0.2, 0.25) is 0 Å². The number of rotatable bonds is 4. The molecule has 166 valence electrons. The summed E-state index contributed by atoms with van der Waals surface area (Å²) in [5, 5.41) is 21.4. The highest BCUT2D eigenvalue weighted by Crippen LogP contribution is 2.35. The molecular weight excluding hydrogens is 413 g/mol. The van der Waals surface area contributed by atoms with Crippen molar-refractivity contribution < 1.29 is 33.0 Å². The van der Waals surface area contributed by atoms with E-state index in [4.69, 9.17) is 0 Å². The van der Waals surface area contributed by atoms with Crippen molar-refractivity contribution >= 4 is 23.3 Å². The van der Waals surface area contributed by atoms with Gasteiger partial charge in [0.1, 0.15) is 0 Å². The Kier molecular flexibility index (Phi) is 6.26. The highest BCUT2D eigenvalue weighted by atomic mass is 19.4. The minimum Gasteiger partial charge on any atom is -0.478 e. The van der Waals surface area contributed by atoms with Crippen LogP contribution >= 0.6 is 0 Å². The van der Waals surface area contributed by atoms with Crippen molar-refractivity contribution in [3.63, 3.8) is 0 Å². The molecule has 0 saturated carbocycles. The van der Waals surface area contributed by atoms with Gasteiger partial charge < -0.3 is 20.4 Å². The van der Waals surface area contributed by atoms with Gasteiger partial charge in [-0.1, -0.05) is 6.07 Å². The minimum absolute atomic E-state index is 0.0439. The normalized spacial score (nSPS) is 15.1. The lowest BCUT2D eigenvalue weighted by molar-refractivity contribution is -0.137. The van der Waals surface area contributed by atoms with Crippen molar-refractivity contribution in [3.8, 4) is 0 Å². The number of aromatic carboxylic acids is 1. The third-order valence-electron chi connectivity index (χ3n) is 5.53. The Balaban J connectivity index is 2.00. The Morgan fingerprint density at radius 1 is 1.06 bits per heavy atom. The van der Waals surface area contributed by atoms with E-state index in [1.807, 2.05) is 4.90 Å². The number of halogens is 3. The third-order valence-corrected chi connectivity index (χ3v) is 5.53. The van der Waals surface area contributed by atoms with E-state index in [0.29, 0.717) is 37.2 Å². The molecule has 9 heteroatoms. The Bertz CT molecular complexity index is 1010. The minimum atomic E-state index is -4.74. The van der Waals surface area contributed by atoms with E-state index >= 15 is 0 Å². The lowest BCUT2D eigenvalue weighted by atomic mass is 10.0. The van der Waals surface area contributed by atoms with Gasteiger partial charge in [0.15, 0.2) is 0 Å². The molecule has 0 bridgehead atoms. The molecule has 1 heterocycles. The van der Waals surface area contributed by atoms with Gasteiger partial charge in [-0.05, 0) is 62.1 Å². The molecule has 1 amide bonds. The van der Waals surface area contributed by atoms with Crippen molar-refractivity contribution in [1.82, 2.24) is 0 Å². The highest BCUT2D eigenvalue weighted by molar-refractivity contribution is 6.07. The molecule has 0 unspecified atom stereocenters. The van der Waals surface area contributed by atoms with Crippen LogP contribution in [0.4, 0.5) is 24.5 Å². The first kappa shape index (κ1) is 22.6. The molecule has 0 radical (unpaired) electrons. The van der Waals surface area contributed by atoms with Crippen molar-refractivity contribution in [1.29, 1.82) is 0 Å². The molecule has 1 aliphatic heterocycles. The molecule has 31 heavy (non-hydrogen) atoms. The average molecular weight is 436 g/mol. The van der Waals surface area contributed by atoms with Gasteiger partial charge in [0.05, 0.1) is 22.8 Å². The molecule has 0 aliphatic carbocycles. The van der Waals surface area contributed by atoms with E-state index in [0.717, 1.165) is 6.07 Å². The number of carbonyl (C=O) groups is 2. The van der Waals surface area contributed by atoms with Crippen LogP contribution in [0.25, 0.3) is 0 Å². The second-order valence-corrected chi connectivity index (χ2v) is 7.64. The molecular formula is C22H23F3N2O4. The van der Waals surface area contributed by atoms with E-state index in [-0.39, 0.29) is 16.8 Å². The summed E-state index contributed by atoms with van der Waals surface area (Å²) in [4.78, 5) is 26.1. The number of carboxylic acids is 1. The summed E-state index contributed by atoms with van der Waals surface area (Å²) in [6.45, 7) is 4.06. The molecule has 2 aromatic rings. The molecule has 3 N–H and O–H groups in total. The zero-order valence-electron chi connectivity index (χ0n) is 17.1. The van der Waals surface area contributed by atoms with Gasteiger partial charge in [-0.3, -0.25) is 4.79 Å². The molecule has 0 aromatic heterocycles. The van der Waals surface area contributed by atoms with Crippen molar-refractivity contribution in [2.24, 2.45) is 0 Å². The van der Waals surface area contributed by atoms with Crippen LogP contribution in [0.5, 0.6) is 0 Å². The largest absolute Gasteiger partial charge is 0.478 e. The van der Waals surface area contributed by atoms with Gasteiger partial charge in [-0.15, -0.1) is 0 Å². The molecule has 3 rings (SSSR count). The van der Waals surface area contributed by atoms with E-state index in [1.165, 1.54) is 31.2 Å². The Labute approximate surface area is 177 Å². The summed E-state index contributed by atoms with van der Waals surface area (Å²) in [6.07, 6.45) is -4.21. The predicted octanol–water partition coefficient (Wildman–Crippen LogP) is 4.23. The number of hydrogen-bond donors (Lipinski definition) is 3. The maximum Gasteiger partial charge on any atom is 0.417 e. The van der Waals surface area contributed by atoms with Gasteiger partial charge in [-0.2, -0.15) is 13.2 Å². The van der Waals surface area contributed by atoms with Gasteiger partial charge in [-0.25, -0.2) is 4.79 Å². The van der Waals surface area contributed by atoms with Gasteiger partial charge in [0.2, 0.25) is 0 Å². The summed E-state index contributed by atoms with van der Waals surface area (Å²) in [5.74, 6) is -2.17. The lowest BCUT2D eigenvalue weighted by Gasteiger charge is -2.32. The quantitative estimate of drug-likeness (QED) is 0.667. The molecule has 2 aromatic carbocycles. The fraction of sp³-hybridized carbons (Fsp3) is 0.364. The maximum atomic E-state index is 13.6. The number of nitrogens with zero attached hydrogens (tertiary/aromatic N) is 1. The first-order valence-corrected chi connectivity index (χ1v) is 9.78. The number of carboxylic acid groups (broad SMARTS) is 1. The summed E-state index contributed by atoms with van der Waals surface area (Å²) < 4.78 is 40.8. The van der Waals surface area contributed by atoms with Gasteiger partial charge in [0.25, 0.3) is 5.91 Å². The number of piperidine rings is 1. The van der Waals surface area contributed by atoms with Crippen LogP contribution in [0.3, 0.4) is 0 Å². The van der Waals surface area contributed by atoms with Crippen molar-refractivity contribution in [2.75, 3.05) is 23.3 Å². The standard InChI is InChI=1S/C22H23F3N2O4/c1-12-3-5-16(21(30)31)13(2)19(12)26-20(29)17-11-14(4-6-18(17)22(23,24)25)27-9-7-15(28)8-10-27/h3-6,11,15,28H,7-10H2,1-2H3,(H,26,29)(H,30,31). The molecule has 1 fully saturated rings. The zero-order chi connectivity index (χ0) is 22.9.